The van der Waals surface area contributed by atoms with Crippen molar-refractivity contribution in [3.63, 3.8) is 0 Å². The van der Waals surface area contributed by atoms with Gasteiger partial charge >= 0.3 is 5.97 Å². The molecular formula is C31H35NO7S. The first-order chi connectivity index (χ1) is 19.2. The van der Waals surface area contributed by atoms with E-state index in [0.29, 0.717) is 42.6 Å². The van der Waals surface area contributed by atoms with E-state index in [4.69, 9.17) is 19.3 Å². The Balaban J connectivity index is 1.20. The van der Waals surface area contributed by atoms with Gasteiger partial charge in [0.25, 0.3) is 0 Å². The van der Waals surface area contributed by atoms with Crippen LogP contribution in [0.1, 0.15) is 65.5 Å². The lowest BCUT2D eigenvalue weighted by Crippen LogP contribution is -2.28. The summed E-state index contributed by atoms with van der Waals surface area (Å²) in [5, 5.41) is 9.15. The molecule has 3 N–H and O–H groups in total. The summed E-state index contributed by atoms with van der Waals surface area (Å²) >= 11 is 0. The van der Waals surface area contributed by atoms with E-state index < -0.39 is 16.6 Å². The average molecular weight is 566 g/mol. The van der Waals surface area contributed by atoms with Crippen LogP contribution >= 0.6 is 10.6 Å². The summed E-state index contributed by atoms with van der Waals surface area (Å²) in [5.41, 5.74) is 7.95. The Kier molecular flexibility index (Phi) is 7.14. The first-order valence-electron chi connectivity index (χ1n) is 13.8. The summed E-state index contributed by atoms with van der Waals surface area (Å²) in [5.74, 6) is 1.74. The minimum absolute atomic E-state index is 0.00439. The molecule has 40 heavy (non-hydrogen) atoms. The summed E-state index contributed by atoms with van der Waals surface area (Å²) in [7, 11) is -2.43. The molecule has 1 unspecified atom stereocenters. The average Bonchev–Trinajstić information content (AvgIpc) is 3.49. The molecule has 6 rings (SSSR count). The summed E-state index contributed by atoms with van der Waals surface area (Å²) in [6.07, 6.45) is 4.63. The largest absolute Gasteiger partial charge is 0.492 e. The van der Waals surface area contributed by atoms with Gasteiger partial charge in [-0.25, -0.2) is 4.98 Å². The second-order valence-electron chi connectivity index (χ2n) is 11.1. The molecule has 0 bridgehead atoms. The summed E-state index contributed by atoms with van der Waals surface area (Å²) < 4.78 is 38.2. The number of pyridine rings is 1. The standard InChI is InChI=1S/C31H35NO7S/c1-18-12-22(38-21-8-10-40(35,36)11-9-21)13-19(2)31(18)25-5-3-4-24-23(25)6-7-27(24)39-29-15-28-26(16-32-29)20(17-37-28)14-30(33)34/h3-5,12-13,15-16,20-21,27,35-36H,6-11,14,17H2,1-2H3,(H,33,34)/t20-,27?/m1/s1. The smallest absolute Gasteiger partial charge is 0.304 e. The number of fused-ring (bicyclic) bond motifs is 2. The number of aromatic nitrogens is 1. The Labute approximate surface area is 235 Å². The number of carboxylic acids is 1. The second kappa shape index (κ2) is 10.6. The molecular weight excluding hydrogens is 530 g/mol. The summed E-state index contributed by atoms with van der Waals surface area (Å²) in [6.45, 7) is 4.57. The first kappa shape index (κ1) is 26.9. The van der Waals surface area contributed by atoms with Crippen molar-refractivity contribution in [1.82, 2.24) is 4.98 Å². The number of carbonyl (C=O) groups is 1. The molecule has 212 valence electrons. The minimum atomic E-state index is -2.43. The van der Waals surface area contributed by atoms with Gasteiger partial charge in [0.05, 0.1) is 13.0 Å². The number of aryl methyl sites for hydroxylation is 2. The van der Waals surface area contributed by atoms with Gasteiger partial charge in [0.1, 0.15) is 23.7 Å². The molecule has 1 aromatic heterocycles. The van der Waals surface area contributed by atoms with Crippen LogP contribution in [-0.2, 0) is 11.2 Å². The maximum absolute atomic E-state index is 11.1. The lowest BCUT2D eigenvalue weighted by Gasteiger charge is -2.39. The lowest BCUT2D eigenvalue weighted by molar-refractivity contribution is -0.137. The number of hydrogen-bond donors (Lipinski definition) is 3. The molecule has 3 aromatic rings. The van der Waals surface area contributed by atoms with E-state index in [0.717, 1.165) is 40.8 Å². The number of ether oxygens (including phenoxy) is 3. The Morgan fingerprint density at radius 1 is 1.05 bits per heavy atom. The third kappa shape index (κ3) is 5.38. The Hall–Kier alpha value is -3.27. The third-order valence-corrected chi connectivity index (χ3v) is 10.0. The van der Waals surface area contributed by atoms with E-state index in [9.17, 15) is 13.9 Å². The monoisotopic (exact) mass is 565 g/mol. The van der Waals surface area contributed by atoms with Gasteiger partial charge in [-0.1, -0.05) is 18.2 Å². The number of hydrogen-bond acceptors (Lipinski definition) is 7. The van der Waals surface area contributed by atoms with Gasteiger partial charge in [-0.2, -0.15) is 10.6 Å². The molecule has 8 nitrogen and oxygen atoms in total. The van der Waals surface area contributed by atoms with Gasteiger partial charge in [-0.3, -0.25) is 13.9 Å². The van der Waals surface area contributed by atoms with Crippen molar-refractivity contribution in [2.45, 2.75) is 64.1 Å². The van der Waals surface area contributed by atoms with Crippen LogP contribution < -0.4 is 14.2 Å². The summed E-state index contributed by atoms with van der Waals surface area (Å²) in [6, 6.07) is 12.3. The highest BCUT2D eigenvalue weighted by atomic mass is 32.3. The fourth-order valence-electron chi connectivity index (χ4n) is 6.32. The van der Waals surface area contributed by atoms with Crippen molar-refractivity contribution in [3.05, 3.63) is 70.4 Å². The molecule has 3 heterocycles. The molecule has 1 saturated heterocycles. The molecule has 1 fully saturated rings. The number of benzene rings is 2. The highest BCUT2D eigenvalue weighted by Gasteiger charge is 2.31. The van der Waals surface area contributed by atoms with E-state index in [1.165, 1.54) is 16.7 Å². The number of carboxylic acid groups (broad SMARTS) is 1. The van der Waals surface area contributed by atoms with Gasteiger partial charge in [0.2, 0.25) is 5.88 Å². The van der Waals surface area contributed by atoms with Crippen LogP contribution in [0.25, 0.3) is 11.1 Å². The molecule has 0 saturated carbocycles. The van der Waals surface area contributed by atoms with Crippen molar-refractivity contribution < 1.29 is 33.2 Å². The van der Waals surface area contributed by atoms with Crippen molar-refractivity contribution in [2.24, 2.45) is 0 Å². The normalized spacial score (nSPS) is 22.2. The number of rotatable bonds is 7. The van der Waals surface area contributed by atoms with E-state index in [1.54, 1.807) is 12.3 Å². The zero-order valence-corrected chi connectivity index (χ0v) is 23.6. The van der Waals surface area contributed by atoms with Crippen LogP contribution in [0.4, 0.5) is 0 Å². The topological polar surface area (TPSA) is 118 Å². The summed E-state index contributed by atoms with van der Waals surface area (Å²) in [4.78, 5) is 15.6. The van der Waals surface area contributed by atoms with Crippen LogP contribution in [0, 0.1) is 13.8 Å². The maximum atomic E-state index is 11.1. The van der Waals surface area contributed by atoms with Crippen LogP contribution in [0.5, 0.6) is 17.4 Å². The second-order valence-corrected chi connectivity index (χ2v) is 13.6. The fraction of sp³-hybridized carbons (Fsp3) is 0.419. The molecule has 1 aliphatic carbocycles. The zero-order chi connectivity index (χ0) is 28.0. The quantitative estimate of drug-likeness (QED) is 0.291. The molecule has 3 aliphatic rings. The van der Waals surface area contributed by atoms with Gasteiger partial charge in [-0.05, 0) is 72.2 Å². The third-order valence-electron chi connectivity index (χ3n) is 8.26. The van der Waals surface area contributed by atoms with Gasteiger partial charge in [-0.15, -0.1) is 0 Å². The highest BCUT2D eigenvalue weighted by Crippen LogP contribution is 2.46. The van der Waals surface area contributed by atoms with Gasteiger partial charge in [0.15, 0.2) is 0 Å². The Bertz CT molecular complexity index is 1420. The maximum Gasteiger partial charge on any atom is 0.304 e. The minimum Gasteiger partial charge on any atom is -0.492 e. The predicted octanol–water partition coefficient (Wildman–Crippen LogP) is 6.67. The van der Waals surface area contributed by atoms with E-state index in [-0.39, 0.29) is 24.5 Å². The Morgan fingerprint density at radius 2 is 1.80 bits per heavy atom. The van der Waals surface area contributed by atoms with Crippen molar-refractivity contribution in [1.29, 1.82) is 0 Å². The lowest BCUT2D eigenvalue weighted by atomic mass is 9.90. The van der Waals surface area contributed by atoms with Crippen molar-refractivity contribution >= 4 is 16.6 Å². The van der Waals surface area contributed by atoms with Crippen LogP contribution in [0.15, 0.2) is 42.6 Å². The Morgan fingerprint density at radius 3 is 2.52 bits per heavy atom. The number of nitrogens with zero attached hydrogens (tertiary/aromatic N) is 1. The van der Waals surface area contributed by atoms with Crippen LogP contribution in [0.2, 0.25) is 0 Å². The van der Waals surface area contributed by atoms with E-state index in [2.05, 4.69) is 49.2 Å². The van der Waals surface area contributed by atoms with E-state index >= 15 is 0 Å². The molecule has 2 aliphatic heterocycles. The SMILES string of the molecule is Cc1cc(OC2CCS(O)(O)CC2)cc(C)c1-c1cccc2c1CCC2Oc1cc2c(cn1)[C@H](CC(=O)O)CO2. The highest BCUT2D eigenvalue weighted by molar-refractivity contribution is 8.24. The molecule has 2 atom stereocenters. The predicted molar refractivity (Wildman–Crippen MR) is 154 cm³/mol. The molecule has 0 amide bonds. The zero-order valence-electron chi connectivity index (χ0n) is 22.8. The molecule has 0 spiro atoms. The first-order valence-corrected chi connectivity index (χ1v) is 15.7. The van der Waals surface area contributed by atoms with Crippen LogP contribution in [-0.4, -0.2) is 49.4 Å². The van der Waals surface area contributed by atoms with Crippen molar-refractivity contribution in [3.8, 4) is 28.5 Å². The number of aliphatic carboxylic acids is 1. The molecule has 2 aromatic carbocycles. The van der Waals surface area contributed by atoms with Crippen LogP contribution in [0.3, 0.4) is 0 Å². The van der Waals surface area contributed by atoms with Gasteiger partial charge in [0, 0.05) is 48.1 Å². The molecule has 9 heteroatoms. The fourth-order valence-corrected chi connectivity index (χ4v) is 7.80. The van der Waals surface area contributed by atoms with Gasteiger partial charge < -0.3 is 19.3 Å². The molecule has 0 radical (unpaired) electrons. The van der Waals surface area contributed by atoms with Crippen molar-refractivity contribution in [2.75, 3.05) is 18.1 Å². The van der Waals surface area contributed by atoms with E-state index in [1.807, 2.05) is 0 Å².